The Hall–Kier alpha value is -2.50. The first kappa shape index (κ1) is 23.2. The number of rotatable bonds is 4. The molecule has 3 rings (SSSR count). The fourth-order valence-electron chi connectivity index (χ4n) is 3.07. The highest BCUT2D eigenvalue weighted by Gasteiger charge is 2.37. The van der Waals surface area contributed by atoms with E-state index in [-0.39, 0.29) is 24.0 Å². The zero-order valence-electron chi connectivity index (χ0n) is 16.3. The van der Waals surface area contributed by atoms with Gasteiger partial charge in [-0.05, 0) is 24.1 Å². The lowest BCUT2D eigenvalue weighted by molar-refractivity contribution is -0.143. The molecular weight excluding hydrogens is 448 g/mol. The number of anilines is 1. The van der Waals surface area contributed by atoms with Crippen LogP contribution in [0.2, 0.25) is 0 Å². The first-order valence-electron chi connectivity index (χ1n) is 9.11. The van der Waals surface area contributed by atoms with E-state index < -0.39 is 41.1 Å². The Bertz CT molecular complexity index is 1030. The normalized spacial score (nSPS) is 16.5. The van der Waals surface area contributed by atoms with Gasteiger partial charge in [0.05, 0.1) is 22.9 Å². The van der Waals surface area contributed by atoms with E-state index in [0.717, 1.165) is 0 Å². The van der Waals surface area contributed by atoms with Crippen LogP contribution in [0.15, 0.2) is 34.2 Å². The number of nitrogens with zero attached hydrogens (tertiary/aromatic N) is 2. The second kappa shape index (κ2) is 8.21. The largest absolute Gasteiger partial charge is 0.416 e. The number of thioether (sulfide) groups is 1. The zero-order chi connectivity index (χ0) is 23.1. The van der Waals surface area contributed by atoms with Gasteiger partial charge in [-0.15, -0.1) is 0 Å². The lowest BCUT2D eigenvalue weighted by Crippen LogP contribution is -2.28. The molecule has 2 aromatic rings. The summed E-state index contributed by atoms with van der Waals surface area (Å²) in [6.07, 6.45) is -10.3. The van der Waals surface area contributed by atoms with Crippen molar-refractivity contribution in [3.8, 4) is 0 Å². The summed E-state index contributed by atoms with van der Waals surface area (Å²) in [7, 11) is 0. The predicted molar refractivity (Wildman–Crippen MR) is 102 cm³/mol. The Morgan fingerprint density at radius 3 is 2.23 bits per heavy atom. The molecule has 1 N–H and O–H groups in total. The second-order valence-corrected chi connectivity index (χ2v) is 8.33. The SMILES string of the molecule is CC(C)c1cc(=O)n2c(n1)SCC2CC(=O)Nc1cc(C(F)(F)F)cc(C(F)(F)F)c1. The van der Waals surface area contributed by atoms with E-state index >= 15 is 0 Å². The van der Waals surface area contributed by atoms with Crippen LogP contribution in [0.3, 0.4) is 0 Å². The van der Waals surface area contributed by atoms with Crippen molar-refractivity contribution in [1.82, 2.24) is 9.55 Å². The maximum Gasteiger partial charge on any atom is 0.416 e. The van der Waals surface area contributed by atoms with Gasteiger partial charge in [0.25, 0.3) is 5.56 Å². The molecular formula is C19H17F6N3O2S. The van der Waals surface area contributed by atoms with Gasteiger partial charge in [0, 0.05) is 23.9 Å². The van der Waals surface area contributed by atoms with Crippen molar-refractivity contribution >= 4 is 23.4 Å². The molecule has 1 aliphatic heterocycles. The van der Waals surface area contributed by atoms with Crippen LogP contribution in [-0.4, -0.2) is 21.2 Å². The van der Waals surface area contributed by atoms with E-state index in [1.165, 1.54) is 22.4 Å². The summed E-state index contributed by atoms with van der Waals surface area (Å²) >= 11 is 1.26. The lowest BCUT2D eigenvalue weighted by Gasteiger charge is -2.16. The Kier molecular flexibility index (Phi) is 6.14. The van der Waals surface area contributed by atoms with Gasteiger partial charge in [0.1, 0.15) is 0 Å². The fraction of sp³-hybridized carbons (Fsp3) is 0.421. The lowest BCUT2D eigenvalue weighted by atomic mass is 10.1. The zero-order valence-corrected chi connectivity index (χ0v) is 17.1. The molecule has 2 heterocycles. The number of nitrogens with one attached hydrogen (secondary N) is 1. The van der Waals surface area contributed by atoms with Crippen LogP contribution in [0.5, 0.6) is 0 Å². The third kappa shape index (κ3) is 5.23. The molecule has 0 spiro atoms. The molecule has 0 saturated carbocycles. The monoisotopic (exact) mass is 465 g/mol. The molecule has 1 amide bonds. The maximum absolute atomic E-state index is 13.0. The van der Waals surface area contributed by atoms with Gasteiger partial charge in [-0.25, -0.2) is 4.98 Å². The van der Waals surface area contributed by atoms with Crippen LogP contribution in [0.1, 0.15) is 49.0 Å². The summed E-state index contributed by atoms with van der Waals surface area (Å²) in [5.74, 6) is -0.468. The van der Waals surface area contributed by atoms with Gasteiger partial charge < -0.3 is 5.32 Å². The standard InChI is InChI=1S/C19H17F6N3O2S/c1-9(2)14-7-16(30)28-13(8-31-17(28)27-14)6-15(29)26-12-4-10(18(20,21)22)3-11(5-12)19(23,24)25/h3-5,7,9,13H,6,8H2,1-2H3,(H,26,29). The smallest absolute Gasteiger partial charge is 0.326 e. The van der Waals surface area contributed by atoms with Crippen molar-refractivity contribution in [3.63, 3.8) is 0 Å². The number of halogens is 6. The molecule has 1 aromatic carbocycles. The van der Waals surface area contributed by atoms with Crippen LogP contribution < -0.4 is 10.9 Å². The number of carbonyl (C=O) groups is 1. The number of alkyl halides is 6. The Morgan fingerprint density at radius 2 is 1.71 bits per heavy atom. The first-order chi connectivity index (χ1) is 14.3. The summed E-state index contributed by atoms with van der Waals surface area (Å²) in [5.41, 5.74) is -3.45. The topological polar surface area (TPSA) is 64.0 Å². The highest BCUT2D eigenvalue weighted by Crippen LogP contribution is 2.38. The summed E-state index contributed by atoms with van der Waals surface area (Å²) in [5, 5.41) is 2.51. The molecule has 1 unspecified atom stereocenters. The van der Waals surface area contributed by atoms with Crippen LogP contribution in [0.25, 0.3) is 0 Å². The summed E-state index contributed by atoms with van der Waals surface area (Å²) < 4.78 is 79.2. The minimum Gasteiger partial charge on any atom is -0.326 e. The highest BCUT2D eigenvalue weighted by atomic mass is 32.2. The van der Waals surface area contributed by atoms with Crippen LogP contribution in [0.4, 0.5) is 32.0 Å². The van der Waals surface area contributed by atoms with Crippen molar-refractivity contribution < 1.29 is 31.1 Å². The molecule has 0 aliphatic carbocycles. The van der Waals surface area contributed by atoms with Gasteiger partial charge in [-0.2, -0.15) is 26.3 Å². The van der Waals surface area contributed by atoms with Gasteiger partial charge in [0.15, 0.2) is 5.16 Å². The van der Waals surface area contributed by atoms with Crippen LogP contribution in [0, 0.1) is 0 Å². The molecule has 168 valence electrons. The molecule has 0 bridgehead atoms. The molecule has 1 aromatic heterocycles. The minimum atomic E-state index is -5.02. The van der Waals surface area contributed by atoms with Crippen LogP contribution >= 0.6 is 11.8 Å². The van der Waals surface area contributed by atoms with Gasteiger partial charge in [0.2, 0.25) is 5.91 Å². The predicted octanol–water partition coefficient (Wildman–Crippen LogP) is 5.08. The minimum absolute atomic E-state index is 0.0168. The van der Waals surface area contributed by atoms with Crippen molar-refractivity contribution in [1.29, 1.82) is 0 Å². The van der Waals surface area contributed by atoms with Gasteiger partial charge in [-0.1, -0.05) is 25.6 Å². The number of benzene rings is 1. The maximum atomic E-state index is 13.0. The molecule has 31 heavy (non-hydrogen) atoms. The van der Waals surface area contributed by atoms with E-state index in [2.05, 4.69) is 10.3 Å². The van der Waals surface area contributed by atoms with Crippen molar-refractivity contribution in [2.75, 3.05) is 11.1 Å². The van der Waals surface area contributed by atoms with Crippen molar-refractivity contribution in [2.45, 2.75) is 49.7 Å². The van der Waals surface area contributed by atoms with E-state index in [0.29, 0.717) is 28.7 Å². The van der Waals surface area contributed by atoms with E-state index in [1.54, 1.807) is 0 Å². The summed E-state index contributed by atoms with van der Waals surface area (Å²) in [6.45, 7) is 3.74. The van der Waals surface area contributed by atoms with Gasteiger partial charge >= 0.3 is 12.4 Å². The van der Waals surface area contributed by atoms with E-state index in [1.807, 2.05) is 13.8 Å². The Balaban J connectivity index is 1.82. The van der Waals surface area contributed by atoms with Gasteiger partial charge in [-0.3, -0.25) is 14.2 Å². The molecule has 0 radical (unpaired) electrons. The molecule has 0 saturated heterocycles. The average Bonchev–Trinajstić information content (AvgIpc) is 3.03. The summed E-state index contributed by atoms with van der Waals surface area (Å²) in [6, 6.07) is 1.60. The Morgan fingerprint density at radius 1 is 1.13 bits per heavy atom. The summed E-state index contributed by atoms with van der Waals surface area (Å²) in [4.78, 5) is 29.2. The highest BCUT2D eigenvalue weighted by molar-refractivity contribution is 7.99. The number of hydrogen-bond acceptors (Lipinski definition) is 4. The third-order valence-electron chi connectivity index (χ3n) is 4.59. The van der Waals surface area contributed by atoms with E-state index in [4.69, 9.17) is 0 Å². The average molecular weight is 465 g/mol. The number of hydrogen-bond donors (Lipinski definition) is 1. The number of amides is 1. The van der Waals surface area contributed by atoms with E-state index in [9.17, 15) is 35.9 Å². The Labute approximate surface area is 176 Å². The molecule has 0 fully saturated rings. The van der Waals surface area contributed by atoms with Crippen LogP contribution in [-0.2, 0) is 17.1 Å². The number of carbonyl (C=O) groups excluding carboxylic acids is 1. The number of fused-ring (bicyclic) bond motifs is 1. The molecule has 1 atom stereocenters. The number of aromatic nitrogens is 2. The second-order valence-electron chi connectivity index (χ2n) is 7.34. The van der Waals surface area contributed by atoms with Crippen molar-refractivity contribution in [3.05, 3.63) is 51.4 Å². The quantitative estimate of drug-likeness (QED) is 0.505. The molecule has 12 heteroatoms. The third-order valence-corrected chi connectivity index (χ3v) is 5.69. The molecule has 5 nitrogen and oxygen atoms in total. The first-order valence-corrected chi connectivity index (χ1v) is 10.1. The molecule has 1 aliphatic rings. The van der Waals surface area contributed by atoms with Crippen molar-refractivity contribution in [2.24, 2.45) is 0 Å². The fourth-order valence-corrected chi connectivity index (χ4v) is 4.23.